The topological polar surface area (TPSA) is 49.8 Å². The Kier molecular flexibility index (Phi) is 6.22. The number of methoxy groups -OCH3 is 1. The smallest absolute Gasteiger partial charge is 0.307 e. The average Bonchev–Trinajstić information content (AvgIpc) is 2.64. The van der Waals surface area contributed by atoms with Crippen LogP contribution in [0.3, 0.4) is 0 Å². The number of aliphatic carboxylic acids is 1. The molecule has 6 heteroatoms. The SMILES string of the molecule is COc1ccc(Cl)cc1C(c1ccc(Br)cc1)N1CCCC(C(=O)O)C1. The highest BCUT2D eigenvalue weighted by molar-refractivity contribution is 9.10. The number of likely N-dealkylation sites (tertiary alicyclic amines) is 1. The van der Waals surface area contributed by atoms with Crippen molar-refractivity contribution in [2.75, 3.05) is 20.2 Å². The molecule has 1 saturated heterocycles. The number of hydrogen-bond donors (Lipinski definition) is 1. The summed E-state index contributed by atoms with van der Waals surface area (Å²) in [6, 6.07) is 13.6. The Morgan fingerprint density at radius 1 is 1.31 bits per heavy atom. The van der Waals surface area contributed by atoms with Crippen LogP contribution in [-0.4, -0.2) is 36.2 Å². The fraction of sp³-hybridized carbons (Fsp3) is 0.350. The van der Waals surface area contributed by atoms with E-state index in [9.17, 15) is 9.90 Å². The number of piperidine rings is 1. The minimum Gasteiger partial charge on any atom is -0.496 e. The van der Waals surface area contributed by atoms with Crippen LogP contribution in [-0.2, 0) is 4.79 Å². The van der Waals surface area contributed by atoms with E-state index in [1.165, 1.54) is 0 Å². The van der Waals surface area contributed by atoms with Crippen molar-refractivity contribution < 1.29 is 14.6 Å². The van der Waals surface area contributed by atoms with E-state index in [2.05, 4.69) is 33.0 Å². The third kappa shape index (κ3) is 4.22. The molecule has 0 radical (unpaired) electrons. The van der Waals surface area contributed by atoms with E-state index >= 15 is 0 Å². The number of rotatable bonds is 5. The first-order chi connectivity index (χ1) is 12.5. The number of benzene rings is 2. The fourth-order valence-electron chi connectivity index (χ4n) is 3.59. The summed E-state index contributed by atoms with van der Waals surface area (Å²) in [5.74, 6) is -0.339. The zero-order valence-corrected chi connectivity index (χ0v) is 16.8. The first-order valence-corrected chi connectivity index (χ1v) is 9.72. The molecule has 1 heterocycles. The van der Waals surface area contributed by atoms with Crippen LogP contribution in [0.5, 0.6) is 5.75 Å². The summed E-state index contributed by atoms with van der Waals surface area (Å²) in [6.07, 6.45) is 1.57. The molecule has 1 aliphatic rings. The van der Waals surface area contributed by atoms with E-state index in [0.29, 0.717) is 18.0 Å². The van der Waals surface area contributed by atoms with Crippen molar-refractivity contribution >= 4 is 33.5 Å². The molecule has 0 saturated carbocycles. The molecule has 3 rings (SSSR count). The Labute approximate surface area is 166 Å². The van der Waals surface area contributed by atoms with E-state index < -0.39 is 5.97 Å². The van der Waals surface area contributed by atoms with Crippen molar-refractivity contribution in [2.24, 2.45) is 5.92 Å². The molecule has 0 spiro atoms. The molecule has 2 atom stereocenters. The van der Waals surface area contributed by atoms with Gasteiger partial charge < -0.3 is 9.84 Å². The maximum absolute atomic E-state index is 11.5. The summed E-state index contributed by atoms with van der Waals surface area (Å²) in [5, 5.41) is 10.1. The normalized spacial score (nSPS) is 19.1. The first-order valence-electron chi connectivity index (χ1n) is 8.55. The standard InChI is InChI=1S/C20H21BrClNO3/c1-26-18-9-8-16(22)11-17(18)19(13-4-6-15(21)7-5-13)23-10-2-3-14(12-23)20(24)25/h4-9,11,14,19H,2-3,10,12H2,1H3,(H,24,25). The highest BCUT2D eigenvalue weighted by Crippen LogP contribution is 2.38. The predicted molar refractivity (Wildman–Crippen MR) is 106 cm³/mol. The second-order valence-electron chi connectivity index (χ2n) is 6.51. The number of carboxylic acid groups (broad SMARTS) is 1. The van der Waals surface area contributed by atoms with Crippen molar-refractivity contribution in [1.29, 1.82) is 0 Å². The predicted octanol–water partition coefficient (Wildman–Crippen LogP) is 5.00. The summed E-state index contributed by atoms with van der Waals surface area (Å²) in [4.78, 5) is 13.8. The molecule has 1 N–H and O–H groups in total. The number of nitrogens with zero attached hydrogens (tertiary/aromatic N) is 1. The monoisotopic (exact) mass is 437 g/mol. The van der Waals surface area contributed by atoms with Gasteiger partial charge in [0.1, 0.15) is 5.75 Å². The highest BCUT2D eigenvalue weighted by atomic mass is 79.9. The molecular weight excluding hydrogens is 418 g/mol. The van der Waals surface area contributed by atoms with Gasteiger partial charge in [0, 0.05) is 21.6 Å². The van der Waals surface area contributed by atoms with Crippen LogP contribution in [0.25, 0.3) is 0 Å². The Morgan fingerprint density at radius 3 is 2.69 bits per heavy atom. The molecule has 0 amide bonds. The van der Waals surface area contributed by atoms with Crippen LogP contribution in [0.15, 0.2) is 46.9 Å². The largest absolute Gasteiger partial charge is 0.496 e. The van der Waals surface area contributed by atoms with Gasteiger partial charge in [-0.2, -0.15) is 0 Å². The molecular formula is C20H21BrClNO3. The van der Waals surface area contributed by atoms with Gasteiger partial charge in [-0.1, -0.05) is 39.7 Å². The zero-order chi connectivity index (χ0) is 18.7. The van der Waals surface area contributed by atoms with Gasteiger partial charge in [0.05, 0.1) is 19.1 Å². The minimum atomic E-state index is -0.734. The first kappa shape index (κ1) is 19.2. The Balaban J connectivity index is 2.06. The Bertz CT molecular complexity index is 781. The number of ether oxygens (including phenoxy) is 1. The van der Waals surface area contributed by atoms with Gasteiger partial charge in [-0.05, 0) is 55.3 Å². The van der Waals surface area contributed by atoms with Crippen LogP contribution >= 0.6 is 27.5 Å². The van der Waals surface area contributed by atoms with Crippen molar-refractivity contribution in [3.63, 3.8) is 0 Å². The summed E-state index contributed by atoms with van der Waals surface area (Å²) in [6.45, 7) is 1.34. The zero-order valence-electron chi connectivity index (χ0n) is 14.5. The molecule has 0 bridgehead atoms. The van der Waals surface area contributed by atoms with Crippen molar-refractivity contribution in [3.8, 4) is 5.75 Å². The van der Waals surface area contributed by atoms with Crippen LogP contribution in [0, 0.1) is 5.92 Å². The highest BCUT2D eigenvalue weighted by Gasteiger charge is 2.32. The van der Waals surface area contributed by atoms with E-state index in [1.54, 1.807) is 13.2 Å². The molecule has 138 valence electrons. The van der Waals surface area contributed by atoms with Gasteiger partial charge in [0.15, 0.2) is 0 Å². The summed E-state index contributed by atoms with van der Waals surface area (Å²) >= 11 is 9.75. The Morgan fingerprint density at radius 2 is 2.04 bits per heavy atom. The maximum Gasteiger partial charge on any atom is 0.307 e. The lowest BCUT2D eigenvalue weighted by Gasteiger charge is -2.38. The summed E-state index contributed by atoms with van der Waals surface area (Å²) < 4.78 is 6.58. The number of hydrogen-bond acceptors (Lipinski definition) is 3. The number of carbonyl (C=O) groups is 1. The quantitative estimate of drug-likeness (QED) is 0.714. The Hall–Kier alpha value is -1.56. The molecule has 0 aromatic heterocycles. The summed E-state index contributed by atoms with van der Waals surface area (Å²) in [7, 11) is 1.64. The molecule has 4 nitrogen and oxygen atoms in total. The summed E-state index contributed by atoms with van der Waals surface area (Å²) in [5.41, 5.74) is 2.04. The van der Waals surface area contributed by atoms with Crippen LogP contribution in [0.4, 0.5) is 0 Å². The van der Waals surface area contributed by atoms with Crippen LogP contribution < -0.4 is 4.74 Å². The second kappa shape index (κ2) is 8.42. The van der Waals surface area contributed by atoms with E-state index in [4.69, 9.17) is 16.3 Å². The average molecular weight is 439 g/mol. The third-order valence-corrected chi connectivity index (χ3v) is 5.60. The van der Waals surface area contributed by atoms with E-state index in [0.717, 1.165) is 34.3 Å². The van der Waals surface area contributed by atoms with E-state index in [1.807, 2.05) is 24.3 Å². The van der Waals surface area contributed by atoms with Crippen molar-refractivity contribution in [1.82, 2.24) is 4.90 Å². The van der Waals surface area contributed by atoms with Gasteiger partial charge in [-0.3, -0.25) is 9.69 Å². The van der Waals surface area contributed by atoms with Crippen LogP contribution in [0.1, 0.15) is 30.0 Å². The second-order valence-corrected chi connectivity index (χ2v) is 7.86. The van der Waals surface area contributed by atoms with Crippen LogP contribution in [0.2, 0.25) is 5.02 Å². The fourth-order valence-corrected chi connectivity index (χ4v) is 4.04. The molecule has 0 aliphatic carbocycles. The van der Waals surface area contributed by atoms with Gasteiger partial charge in [0.2, 0.25) is 0 Å². The molecule has 1 fully saturated rings. The lowest BCUT2D eigenvalue weighted by molar-refractivity contribution is -0.143. The van der Waals surface area contributed by atoms with Gasteiger partial charge in [-0.25, -0.2) is 0 Å². The molecule has 26 heavy (non-hydrogen) atoms. The lowest BCUT2D eigenvalue weighted by Crippen LogP contribution is -2.41. The van der Waals surface area contributed by atoms with E-state index in [-0.39, 0.29) is 12.0 Å². The molecule has 1 aliphatic heterocycles. The van der Waals surface area contributed by atoms with Gasteiger partial charge in [-0.15, -0.1) is 0 Å². The number of halogens is 2. The van der Waals surface area contributed by atoms with Crippen molar-refractivity contribution in [3.05, 3.63) is 63.1 Å². The lowest BCUT2D eigenvalue weighted by atomic mass is 9.91. The minimum absolute atomic E-state index is 0.112. The van der Waals surface area contributed by atoms with Crippen molar-refractivity contribution in [2.45, 2.75) is 18.9 Å². The molecule has 2 aromatic rings. The molecule has 2 aromatic carbocycles. The molecule has 2 unspecified atom stereocenters. The van der Waals surface area contributed by atoms with Gasteiger partial charge >= 0.3 is 5.97 Å². The number of carboxylic acids is 1. The maximum atomic E-state index is 11.5. The third-order valence-electron chi connectivity index (χ3n) is 4.84. The van der Waals surface area contributed by atoms with Gasteiger partial charge in [0.25, 0.3) is 0 Å².